The standard InChI is InChI=1S/C27H24FN7O2S/c1-15-30-14-25(35(15)2)17-4-5-23-20(11-17)27(34-33-23)24-12-21-22(32-24)6-7-29-26(21)18-8-16(9-19(28)10-18)13-31-38(3,36)37/h4-12,14,31-32H,13H2,1-3H3,(H,33,34). The van der Waals surface area contributed by atoms with Gasteiger partial charge in [-0.15, -0.1) is 0 Å². The highest BCUT2D eigenvalue weighted by Gasteiger charge is 2.17. The van der Waals surface area contributed by atoms with Crippen LogP contribution in [-0.4, -0.2) is 44.4 Å². The first-order valence-electron chi connectivity index (χ1n) is 11.9. The summed E-state index contributed by atoms with van der Waals surface area (Å²) < 4.78 is 42.0. The number of sulfonamides is 1. The molecule has 0 atom stereocenters. The van der Waals surface area contributed by atoms with Crippen molar-refractivity contribution in [3.63, 3.8) is 0 Å². The van der Waals surface area contributed by atoms with Crippen molar-refractivity contribution in [2.45, 2.75) is 13.5 Å². The maximum Gasteiger partial charge on any atom is 0.209 e. The Morgan fingerprint density at radius 1 is 0.974 bits per heavy atom. The number of halogens is 1. The number of aromatic amines is 2. The molecule has 0 aliphatic rings. The fourth-order valence-corrected chi connectivity index (χ4v) is 5.09. The molecule has 192 valence electrons. The van der Waals surface area contributed by atoms with Crippen molar-refractivity contribution < 1.29 is 12.8 Å². The van der Waals surface area contributed by atoms with Gasteiger partial charge in [0.2, 0.25) is 10.0 Å². The summed E-state index contributed by atoms with van der Waals surface area (Å²) in [4.78, 5) is 12.4. The van der Waals surface area contributed by atoms with Crippen LogP contribution in [-0.2, 0) is 23.6 Å². The molecule has 0 saturated carbocycles. The molecule has 0 amide bonds. The SMILES string of the molecule is Cc1ncc(-c2ccc3[nH]nc(-c4cc5c(-c6cc(F)cc(CNS(C)(=O)=O)c6)nccc5[nH]4)c3c2)n1C. The summed E-state index contributed by atoms with van der Waals surface area (Å²) in [5, 5.41) is 9.42. The molecular weight excluding hydrogens is 505 g/mol. The second-order valence-electron chi connectivity index (χ2n) is 9.33. The van der Waals surface area contributed by atoms with Crippen molar-refractivity contribution in [1.29, 1.82) is 0 Å². The zero-order chi connectivity index (χ0) is 26.6. The summed E-state index contributed by atoms with van der Waals surface area (Å²) in [6.45, 7) is 1.95. The lowest BCUT2D eigenvalue weighted by Crippen LogP contribution is -2.21. The molecule has 0 saturated heterocycles. The molecule has 0 aliphatic heterocycles. The van der Waals surface area contributed by atoms with E-state index in [0.717, 1.165) is 56.5 Å². The molecule has 0 radical (unpaired) electrons. The minimum Gasteiger partial charge on any atom is -0.353 e. The molecule has 0 unspecified atom stereocenters. The van der Waals surface area contributed by atoms with Crippen LogP contribution < -0.4 is 4.72 Å². The number of hydrogen-bond donors (Lipinski definition) is 3. The highest BCUT2D eigenvalue weighted by atomic mass is 32.2. The number of fused-ring (bicyclic) bond motifs is 2. The molecule has 11 heteroatoms. The third-order valence-corrected chi connectivity index (χ3v) is 7.32. The Morgan fingerprint density at radius 3 is 2.55 bits per heavy atom. The molecule has 0 fully saturated rings. The zero-order valence-corrected chi connectivity index (χ0v) is 21.7. The summed E-state index contributed by atoms with van der Waals surface area (Å²) >= 11 is 0. The van der Waals surface area contributed by atoms with Gasteiger partial charge in [0.1, 0.15) is 17.3 Å². The van der Waals surface area contributed by atoms with Crippen LogP contribution in [0.4, 0.5) is 4.39 Å². The van der Waals surface area contributed by atoms with Crippen molar-refractivity contribution >= 4 is 31.8 Å². The Kier molecular flexibility index (Phi) is 5.62. The average Bonchev–Trinajstić information content (AvgIpc) is 3.58. The van der Waals surface area contributed by atoms with Gasteiger partial charge in [0, 0.05) is 47.2 Å². The lowest BCUT2D eigenvalue weighted by molar-refractivity contribution is 0.586. The van der Waals surface area contributed by atoms with E-state index in [1.807, 2.05) is 49.0 Å². The van der Waals surface area contributed by atoms with Gasteiger partial charge in [-0.2, -0.15) is 5.10 Å². The average molecular weight is 530 g/mol. The summed E-state index contributed by atoms with van der Waals surface area (Å²) in [6.07, 6.45) is 4.58. The number of hydrogen-bond acceptors (Lipinski definition) is 5. The lowest BCUT2D eigenvalue weighted by atomic mass is 10.0. The molecule has 3 N–H and O–H groups in total. The molecule has 0 spiro atoms. The summed E-state index contributed by atoms with van der Waals surface area (Å²) in [5.41, 5.74) is 6.91. The van der Waals surface area contributed by atoms with Gasteiger partial charge in [0.15, 0.2) is 0 Å². The Morgan fingerprint density at radius 2 is 1.79 bits per heavy atom. The largest absolute Gasteiger partial charge is 0.353 e. The van der Waals surface area contributed by atoms with E-state index in [0.29, 0.717) is 16.8 Å². The van der Waals surface area contributed by atoms with E-state index in [2.05, 4.69) is 35.9 Å². The molecular formula is C27H24FN7O2S. The van der Waals surface area contributed by atoms with Crippen LogP contribution in [0.3, 0.4) is 0 Å². The maximum absolute atomic E-state index is 14.5. The van der Waals surface area contributed by atoms with E-state index in [-0.39, 0.29) is 6.54 Å². The van der Waals surface area contributed by atoms with Gasteiger partial charge in [0.25, 0.3) is 0 Å². The number of rotatable bonds is 6. The van der Waals surface area contributed by atoms with Crippen molar-refractivity contribution in [3.8, 4) is 33.9 Å². The Hall–Kier alpha value is -4.35. The molecule has 4 aromatic heterocycles. The van der Waals surface area contributed by atoms with E-state index < -0.39 is 15.8 Å². The zero-order valence-electron chi connectivity index (χ0n) is 20.9. The van der Waals surface area contributed by atoms with Gasteiger partial charge < -0.3 is 9.55 Å². The molecule has 2 aromatic carbocycles. The third-order valence-electron chi connectivity index (χ3n) is 6.65. The quantitative estimate of drug-likeness (QED) is 0.290. The number of aryl methyl sites for hydroxylation is 1. The Balaban J connectivity index is 1.44. The summed E-state index contributed by atoms with van der Waals surface area (Å²) in [7, 11) is -1.43. The number of aromatic nitrogens is 6. The van der Waals surface area contributed by atoms with Gasteiger partial charge in [-0.25, -0.2) is 22.5 Å². The molecule has 0 aliphatic carbocycles. The van der Waals surface area contributed by atoms with Gasteiger partial charge in [-0.3, -0.25) is 10.1 Å². The molecule has 9 nitrogen and oxygen atoms in total. The predicted octanol–water partition coefficient (Wildman–Crippen LogP) is 4.67. The summed E-state index contributed by atoms with van der Waals surface area (Å²) in [6, 6.07) is 14.4. The van der Waals surface area contributed by atoms with E-state index in [1.165, 1.54) is 12.1 Å². The monoisotopic (exact) mass is 529 g/mol. The Bertz CT molecular complexity index is 1950. The topological polar surface area (TPSA) is 121 Å². The molecule has 6 aromatic rings. The first-order valence-corrected chi connectivity index (χ1v) is 13.7. The molecule has 38 heavy (non-hydrogen) atoms. The van der Waals surface area contributed by atoms with Crippen LogP contribution in [0, 0.1) is 12.7 Å². The smallest absolute Gasteiger partial charge is 0.209 e. The van der Waals surface area contributed by atoms with Gasteiger partial charge in [-0.05, 0) is 55.0 Å². The van der Waals surface area contributed by atoms with Crippen LogP contribution in [0.25, 0.3) is 55.7 Å². The van der Waals surface area contributed by atoms with E-state index >= 15 is 0 Å². The molecule has 6 rings (SSSR count). The minimum absolute atomic E-state index is 0.0181. The third kappa shape index (κ3) is 4.35. The number of imidazole rings is 1. The first-order chi connectivity index (χ1) is 18.2. The number of pyridine rings is 1. The number of nitrogens with zero attached hydrogens (tertiary/aromatic N) is 4. The van der Waals surface area contributed by atoms with E-state index in [4.69, 9.17) is 0 Å². The highest BCUT2D eigenvalue weighted by Crippen LogP contribution is 2.35. The maximum atomic E-state index is 14.5. The van der Waals surface area contributed by atoms with Gasteiger partial charge in [-0.1, -0.05) is 6.07 Å². The lowest BCUT2D eigenvalue weighted by Gasteiger charge is -2.08. The Labute approximate surface area is 217 Å². The summed E-state index contributed by atoms with van der Waals surface area (Å²) in [5.74, 6) is 0.453. The van der Waals surface area contributed by atoms with Crippen molar-refractivity contribution in [1.82, 2.24) is 34.4 Å². The van der Waals surface area contributed by atoms with Crippen LogP contribution in [0.2, 0.25) is 0 Å². The van der Waals surface area contributed by atoms with Crippen LogP contribution in [0.5, 0.6) is 0 Å². The number of benzene rings is 2. The molecule has 4 heterocycles. The van der Waals surface area contributed by atoms with Crippen LogP contribution in [0.1, 0.15) is 11.4 Å². The van der Waals surface area contributed by atoms with Gasteiger partial charge in [0.05, 0.1) is 35.1 Å². The van der Waals surface area contributed by atoms with Crippen molar-refractivity contribution in [2.75, 3.05) is 6.26 Å². The van der Waals surface area contributed by atoms with E-state index in [9.17, 15) is 12.8 Å². The fourth-order valence-electron chi connectivity index (χ4n) is 4.66. The second kappa shape index (κ2) is 8.89. The number of H-pyrrole nitrogens is 2. The normalized spacial score (nSPS) is 12.1. The van der Waals surface area contributed by atoms with Crippen molar-refractivity contribution in [2.24, 2.45) is 7.05 Å². The first kappa shape index (κ1) is 24.0. The number of nitrogens with one attached hydrogen (secondary N) is 3. The van der Waals surface area contributed by atoms with Crippen LogP contribution in [0.15, 0.2) is 60.9 Å². The second-order valence-corrected chi connectivity index (χ2v) is 11.2. The predicted molar refractivity (Wildman–Crippen MR) is 145 cm³/mol. The highest BCUT2D eigenvalue weighted by molar-refractivity contribution is 7.88. The van der Waals surface area contributed by atoms with Crippen LogP contribution >= 0.6 is 0 Å². The fraction of sp³-hybridized carbons (Fsp3) is 0.148. The minimum atomic E-state index is -3.42. The van der Waals surface area contributed by atoms with Gasteiger partial charge >= 0.3 is 0 Å². The van der Waals surface area contributed by atoms with E-state index in [1.54, 1.807) is 12.3 Å². The molecule has 0 bridgehead atoms. The van der Waals surface area contributed by atoms with Crippen molar-refractivity contribution in [3.05, 3.63) is 78.1 Å².